The molecule has 10 heteroatoms. The Labute approximate surface area is 289 Å². The first-order valence-corrected chi connectivity index (χ1v) is 17.2. The number of fused-ring (bicyclic) bond motifs is 3. The number of esters is 1. The van der Waals surface area contributed by atoms with Gasteiger partial charge in [0.25, 0.3) is 0 Å². The van der Waals surface area contributed by atoms with Crippen molar-refractivity contribution in [3.8, 4) is 11.1 Å². The molecule has 2 aromatic carbocycles. The first-order valence-electron chi connectivity index (χ1n) is 17.2. The summed E-state index contributed by atoms with van der Waals surface area (Å²) in [5, 5.41) is 15.3. The molecule has 49 heavy (non-hydrogen) atoms. The highest BCUT2D eigenvalue weighted by Crippen LogP contribution is 2.44. The number of benzene rings is 2. The molecule has 1 heterocycles. The van der Waals surface area contributed by atoms with Gasteiger partial charge in [-0.25, -0.2) is 9.59 Å². The van der Waals surface area contributed by atoms with Gasteiger partial charge in [-0.1, -0.05) is 81.5 Å². The van der Waals surface area contributed by atoms with Crippen molar-refractivity contribution in [2.75, 3.05) is 26.4 Å². The van der Waals surface area contributed by atoms with Gasteiger partial charge in [-0.2, -0.15) is 0 Å². The maximum atomic E-state index is 13.5. The van der Waals surface area contributed by atoms with E-state index < -0.39 is 35.5 Å². The summed E-state index contributed by atoms with van der Waals surface area (Å²) in [4.78, 5) is 54.6. The number of hydrogen-bond acceptors (Lipinski definition) is 7. The zero-order chi connectivity index (χ0) is 35.6. The molecule has 3 N–H and O–H groups in total. The lowest BCUT2D eigenvalue weighted by molar-refractivity contribution is -0.148. The summed E-state index contributed by atoms with van der Waals surface area (Å²) in [6.07, 6.45) is 5.08. The number of ether oxygens (including phenoxy) is 2. The molecule has 0 bridgehead atoms. The van der Waals surface area contributed by atoms with Gasteiger partial charge in [-0.05, 0) is 59.8 Å². The van der Waals surface area contributed by atoms with Gasteiger partial charge < -0.3 is 30.1 Å². The van der Waals surface area contributed by atoms with Crippen molar-refractivity contribution in [3.63, 3.8) is 0 Å². The van der Waals surface area contributed by atoms with Gasteiger partial charge in [0, 0.05) is 18.9 Å². The molecule has 0 unspecified atom stereocenters. The van der Waals surface area contributed by atoms with Gasteiger partial charge in [-0.3, -0.25) is 9.59 Å². The number of alkyl carbamates (subject to hydrolysis) is 1. The molecule has 1 saturated heterocycles. The van der Waals surface area contributed by atoms with E-state index in [9.17, 15) is 24.3 Å². The number of hydrogen-bond donors (Lipinski definition) is 3. The quantitative estimate of drug-likeness (QED) is 0.158. The highest BCUT2D eigenvalue weighted by molar-refractivity contribution is 5.86. The van der Waals surface area contributed by atoms with Gasteiger partial charge in [0.1, 0.15) is 19.3 Å². The van der Waals surface area contributed by atoms with E-state index in [1.165, 1.54) is 0 Å². The molecule has 0 aromatic heterocycles. The van der Waals surface area contributed by atoms with Crippen LogP contribution in [0.2, 0.25) is 0 Å². The van der Waals surface area contributed by atoms with Gasteiger partial charge in [0.2, 0.25) is 11.8 Å². The van der Waals surface area contributed by atoms with E-state index in [4.69, 9.17) is 9.47 Å². The van der Waals surface area contributed by atoms with Crippen LogP contribution in [0.25, 0.3) is 11.1 Å². The van der Waals surface area contributed by atoms with Crippen LogP contribution in [0.1, 0.15) is 76.3 Å². The Morgan fingerprint density at radius 1 is 0.980 bits per heavy atom. The number of carbonyl (C=O) groups is 4. The predicted molar refractivity (Wildman–Crippen MR) is 189 cm³/mol. The fraction of sp³-hybridized carbons (Fsp3) is 0.487. The van der Waals surface area contributed by atoms with E-state index in [0.717, 1.165) is 35.1 Å². The molecule has 4 rings (SSSR count). The molecular formula is C39H51N3O7. The standard InChI is InChI=1S/C39H51N3O7/c1-6-8-20-33(40-38(47)49-24-32-30-18-11-9-16-28(30)29-17-10-12-19-31(29)32)37(46)48-25-34(39(3,4)5)41-36(45)26(14-7-2)22-35(44)42-21-13-15-27(42)23-43/h6-7,9-12,16-19,26-27,32-34,43H,1-2,8,13-15,20-25H2,3-5H3,(H,40,47)(H,41,45)/t26-,27+,33+,34-/m1/s1. The molecular weight excluding hydrogens is 622 g/mol. The number of nitrogens with one attached hydrogen (secondary N) is 2. The van der Waals surface area contributed by atoms with Crippen LogP contribution >= 0.6 is 0 Å². The minimum absolute atomic E-state index is 0.0152. The fourth-order valence-electron chi connectivity index (χ4n) is 6.55. The minimum Gasteiger partial charge on any atom is -0.462 e. The van der Waals surface area contributed by atoms with Crippen LogP contribution in [-0.4, -0.2) is 78.4 Å². The summed E-state index contributed by atoms with van der Waals surface area (Å²) in [5.41, 5.74) is 3.89. The Hall–Kier alpha value is -4.44. The molecule has 2 aliphatic rings. The van der Waals surface area contributed by atoms with Crippen molar-refractivity contribution < 1.29 is 33.8 Å². The predicted octanol–water partition coefficient (Wildman–Crippen LogP) is 5.50. The van der Waals surface area contributed by atoms with E-state index >= 15 is 0 Å². The topological polar surface area (TPSA) is 134 Å². The summed E-state index contributed by atoms with van der Waals surface area (Å²) in [7, 11) is 0. The van der Waals surface area contributed by atoms with Crippen LogP contribution in [0.5, 0.6) is 0 Å². The van der Waals surface area contributed by atoms with Gasteiger partial charge >= 0.3 is 12.1 Å². The van der Waals surface area contributed by atoms with Crippen molar-refractivity contribution in [2.45, 2.75) is 83.3 Å². The van der Waals surface area contributed by atoms with E-state index in [1.54, 1.807) is 17.1 Å². The summed E-state index contributed by atoms with van der Waals surface area (Å²) in [6.45, 7) is 13.7. The van der Waals surface area contributed by atoms with E-state index in [1.807, 2.05) is 57.2 Å². The van der Waals surface area contributed by atoms with Crippen LogP contribution < -0.4 is 10.6 Å². The Morgan fingerprint density at radius 3 is 2.22 bits per heavy atom. The smallest absolute Gasteiger partial charge is 0.407 e. The number of carbonyl (C=O) groups excluding carboxylic acids is 4. The lowest BCUT2D eigenvalue weighted by Crippen LogP contribution is -2.51. The second-order valence-corrected chi connectivity index (χ2v) is 13.9. The third-order valence-electron chi connectivity index (χ3n) is 9.49. The lowest BCUT2D eigenvalue weighted by atomic mass is 9.86. The second kappa shape index (κ2) is 17.3. The molecule has 10 nitrogen and oxygen atoms in total. The van der Waals surface area contributed by atoms with Crippen LogP contribution in [0.4, 0.5) is 4.79 Å². The molecule has 264 valence electrons. The Kier molecular flexibility index (Phi) is 13.2. The summed E-state index contributed by atoms with van der Waals surface area (Å²) in [5.74, 6) is -1.97. The maximum Gasteiger partial charge on any atom is 0.407 e. The molecule has 4 atom stereocenters. The van der Waals surface area contributed by atoms with Crippen LogP contribution in [0, 0.1) is 11.3 Å². The van der Waals surface area contributed by atoms with Crippen molar-refractivity contribution in [3.05, 3.63) is 85.0 Å². The summed E-state index contributed by atoms with van der Waals surface area (Å²) >= 11 is 0. The third-order valence-corrected chi connectivity index (χ3v) is 9.49. The highest BCUT2D eigenvalue weighted by Gasteiger charge is 2.35. The van der Waals surface area contributed by atoms with Crippen LogP contribution in [-0.2, 0) is 23.9 Å². The number of aliphatic hydroxyl groups is 1. The average molecular weight is 674 g/mol. The molecule has 0 spiro atoms. The van der Waals surface area contributed by atoms with Crippen molar-refractivity contribution in [1.82, 2.24) is 15.5 Å². The molecule has 0 saturated carbocycles. The Balaban J connectivity index is 1.36. The van der Waals surface area contributed by atoms with Crippen molar-refractivity contribution >= 4 is 23.9 Å². The first kappa shape index (κ1) is 37.4. The molecule has 3 amide bonds. The Morgan fingerprint density at radius 2 is 1.63 bits per heavy atom. The first-order chi connectivity index (χ1) is 23.5. The number of likely N-dealkylation sites (tertiary alicyclic amines) is 1. The second-order valence-electron chi connectivity index (χ2n) is 13.9. The number of amides is 3. The largest absolute Gasteiger partial charge is 0.462 e. The minimum atomic E-state index is -0.990. The van der Waals surface area contributed by atoms with Crippen molar-refractivity contribution in [2.24, 2.45) is 11.3 Å². The third kappa shape index (κ3) is 9.59. The van der Waals surface area contributed by atoms with Crippen LogP contribution in [0.3, 0.4) is 0 Å². The van der Waals surface area contributed by atoms with Gasteiger partial charge in [-0.15, -0.1) is 13.2 Å². The van der Waals surface area contributed by atoms with E-state index in [0.29, 0.717) is 19.4 Å². The van der Waals surface area contributed by atoms with E-state index in [-0.39, 0.29) is 56.4 Å². The van der Waals surface area contributed by atoms with Gasteiger partial charge in [0.05, 0.1) is 24.6 Å². The average Bonchev–Trinajstić information content (AvgIpc) is 3.69. The van der Waals surface area contributed by atoms with Crippen LogP contribution in [0.15, 0.2) is 73.8 Å². The summed E-state index contributed by atoms with van der Waals surface area (Å²) in [6, 6.07) is 14.3. The molecule has 1 aliphatic heterocycles. The van der Waals surface area contributed by atoms with Crippen molar-refractivity contribution in [1.29, 1.82) is 0 Å². The molecule has 1 fully saturated rings. The zero-order valence-corrected chi connectivity index (χ0v) is 29.0. The maximum absolute atomic E-state index is 13.5. The number of allylic oxidation sites excluding steroid dienone is 2. The normalized spacial score (nSPS) is 17.2. The zero-order valence-electron chi connectivity index (χ0n) is 29.0. The number of nitrogens with zero attached hydrogens (tertiary/aromatic N) is 1. The fourth-order valence-corrected chi connectivity index (χ4v) is 6.55. The monoisotopic (exact) mass is 673 g/mol. The SMILES string of the molecule is C=CCC[C@H](NC(=O)OCC1c2ccccc2-c2ccccc21)C(=O)OC[C@@H](NC(=O)[C@H](CC=C)CC(=O)N1CCC[C@H]1CO)C(C)(C)C. The van der Waals surface area contributed by atoms with E-state index in [2.05, 4.69) is 35.9 Å². The highest BCUT2D eigenvalue weighted by atomic mass is 16.6. The number of aliphatic hydroxyl groups excluding tert-OH is 1. The molecule has 0 radical (unpaired) electrons. The number of rotatable bonds is 16. The molecule has 1 aliphatic carbocycles. The summed E-state index contributed by atoms with van der Waals surface area (Å²) < 4.78 is 11.4. The lowest BCUT2D eigenvalue weighted by Gasteiger charge is -2.33. The van der Waals surface area contributed by atoms with Gasteiger partial charge in [0.15, 0.2) is 0 Å². The Bertz CT molecular complexity index is 1450. The molecule has 2 aromatic rings.